The zero-order valence-corrected chi connectivity index (χ0v) is 13.6. The van der Waals surface area contributed by atoms with E-state index >= 15 is 0 Å². The summed E-state index contributed by atoms with van der Waals surface area (Å²) in [7, 11) is 0. The summed E-state index contributed by atoms with van der Waals surface area (Å²) < 4.78 is 5.95. The van der Waals surface area contributed by atoms with Gasteiger partial charge >= 0.3 is 0 Å². The number of ether oxygens (including phenoxy) is 1. The molecule has 21 heavy (non-hydrogen) atoms. The average molecular weight is 290 g/mol. The molecule has 0 bridgehead atoms. The molecule has 1 heterocycles. The highest BCUT2D eigenvalue weighted by atomic mass is 16.5. The minimum Gasteiger partial charge on any atom is -0.492 e. The van der Waals surface area contributed by atoms with E-state index in [4.69, 9.17) is 4.74 Å². The van der Waals surface area contributed by atoms with Crippen molar-refractivity contribution in [3.8, 4) is 5.75 Å². The van der Waals surface area contributed by atoms with Crippen molar-refractivity contribution in [2.75, 3.05) is 39.3 Å². The molecule has 1 aromatic rings. The lowest BCUT2D eigenvalue weighted by Crippen LogP contribution is -2.38. The molecule has 0 amide bonds. The van der Waals surface area contributed by atoms with E-state index < -0.39 is 0 Å². The monoisotopic (exact) mass is 290 g/mol. The zero-order chi connectivity index (χ0) is 14.9. The van der Waals surface area contributed by atoms with E-state index in [0.29, 0.717) is 0 Å². The summed E-state index contributed by atoms with van der Waals surface area (Å²) in [6.45, 7) is 11.0. The Labute approximate surface area is 129 Å². The van der Waals surface area contributed by atoms with Gasteiger partial charge < -0.3 is 10.1 Å². The van der Waals surface area contributed by atoms with Crippen LogP contribution in [0.5, 0.6) is 5.75 Å². The molecule has 0 aromatic heterocycles. The molecule has 1 aliphatic heterocycles. The Balaban J connectivity index is 1.75. The van der Waals surface area contributed by atoms with E-state index in [9.17, 15) is 0 Å². The van der Waals surface area contributed by atoms with E-state index in [2.05, 4.69) is 42.3 Å². The summed E-state index contributed by atoms with van der Waals surface area (Å²) in [5.41, 5.74) is 1.22. The van der Waals surface area contributed by atoms with Gasteiger partial charge in [0.1, 0.15) is 12.4 Å². The first-order chi connectivity index (χ1) is 10.3. The predicted molar refractivity (Wildman–Crippen MR) is 89.0 cm³/mol. The molecule has 1 aromatic carbocycles. The van der Waals surface area contributed by atoms with E-state index in [0.717, 1.165) is 24.8 Å². The molecule has 2 rings (SSSR count). The second-order valence-electron chi connectivity index (χ2n) is 6.11. The first-order valence-electron chi connectivity index (χ1n) is 8.41. The fourth-order valence-electron chi connectivity index (χ4n) is 3.04. The molecular weight excluding hydrogens is 260 g/mol. The highest BCUT2D eigenvalue weighted by molar-refractivity contribution is 5.31. The highest BCUT2D eigenvalue weighted by Gasteiger charge is 2.16. The first-order valence-corrected chi connectivity index (χ1v) is 8.41. The molecule has 0 unspecified atom stereocenters. The van der Waals surface area contributed by atoms with Crippen molar-refractivity contribution < 1.29 is 4.74 Å². The number of aryl methyl sites for hydroxylation is 1. The molecule has 1 aliphatic rings. The minimum atomic E-state index is 0.788. The lowest BCUT2D eigenvalue weighted by atomic mass is 9.97. The molecular formula is C18H30N2O. The van der Waals surface area contributed by atoms with Crippen LogP contribution in [-0.2, 0) is 0 Å². The normalized spacial score (nSPS) is 16.3. The smallest absolute Gasteiger partial charge is 0.122 e. The van der Waals surface area contributed by atoms with E-state index in [1.807, 2.05) is 6.07 Å². The first kappa shape index (κ1) is 16.3. The van der Waals surface area contributed by atoms with Gasteiger partial charge in [-0.1, -0.05) is 25.1 Å². The number of hydrogen-bond donors (Lipinski definition) is 1. The van der Waals surface area contributed by atoms with Gasteiger partial charge in [0, 0.05) is 13.1 Å². The van der Waals surface area contributed by atoms with Gasteiger partial charge in [0.2, 0.25) is 0 Å². The Kier molecular flexibility index (Phi) is 7.04. The Bertz CT molecular complexity index is 402. The van der Waals surface area contributed by atoms with Crippen LogP contribution in [0.4, 0.5) is 0 Å². The molecule has 1 N–H and O–H groups in total. The predicted octanol–water partition coefficient (Wildman–Crippen LogP) is 3.09. The van der Waals surface area contributed by atoms with Gasteiger partial charge in [-0.05, 0) is 63.4 Å². The summed E-state index contributed by atoms with van der Waals surface area (Å²) in [6.07, 6.45) is 3.85. The van der Waals surface area contributed by atoms with Gasteiger partial charge in [-0.2, -0.15) is 0 Å². The summed E-state index contributed by atoms with van der Waals surface area (Å²) in [6, 6.07) is 8.27. The summed E-state index contributed by atoms with van der Waals surface area (Å²) >= 11 is 0. The molecule has 0 saturated carbocycles. The molecule has 3 nitrogen and oxygen atoms in total. The standard InChI is InChI=1S/C18H30N2O/c1-3-12-20(15-17-8-10-19-11-9-17)13-14-21-18-7-5-4-6-16(18)2/h4-7,17,19H,3,8-15H2,1-2H3. The number of hydrogen-bond acceptors (Lipinski definition) is 3. The topological polar surface area (TPSA) is 24.5 Å². The molecule has 1 fully saturated rings. The highest BCUT2D eigenvalue weighted by Crippen LogP contribution is 2.17. The molecule has 1 saturated heterocycles. The van der Waals surface area contributed by atoms with Crippen molar-refractivity contribution in [1.82, 2.24) is 10.2 Å². The Morgan fingerprint density at radius 3 is 2.67 bits per heavy atom. The van der Waals surface area contributed by atoms with Crippen LogP contribution in [0.3, 0.4) is 0 Å². The summed E-state index contributed by atoms with van der Waals surface area (Å²) in [5.74, 6) is 1.88. The van der Waals surface area contributed by atoms with E-state index in [1.165, 1.54) is 51.0 Å². The van der Waals surface area contributed by atoms with Crippen LogP contribution in [0.2, 0.25) is 0 Å². The number of rotatable bonds is 8. The van der Waals surface area contributed by atoms with Crippen molar-refractivity contribution >= 4 is 0 Å². The van der Waals surface area contributed by atoms with Crippen LogP contribution in [-0.4, -0.2) is 44.2 Å². The number of nitrogens with zero attached hydrogens (tertiary/aromatic N) is 1. The minimum absolute atomic E-state index is 0.788. The van der Waals surface area contributed by atoms with Gasteiger partial charge in [-0.3, -0.25) is 4.90 Å². The van der Waals surface area contributed by atoms with Gasteiger partial charge in [-0.15, -0.1) is 0 Å². The van der Waals surface area contributed by atoms with Crippen molar-refractivity contribution in [1.29, 1.82) is 0 Å². The SMILES string of the molecule is CCCN(CCOc1ccccc1C)CC1CCNCC1. The quantitative estimate of drug-likeness (QED) is 0.796. The van der Waals surface area contributed by atoms with E-state index in [1.54, 1.807) is 0 Å². The van der Waals surface area contributed by atoms with Gasteiger partial charge in [0.25, 0.3) is 0 Å². The summed E-state index contributed by atoms with van der Waals surface area (Å²) in [5, 5.41) is 3.45. The number of nitrogens with one attached hydrogen (secondary N) is 1. The fourth-order valence-corrected chi connectivity index (χ4v) is 3.04. The van der Waals surface area contributed by atoms with Crippen molar-refractivity contribution in [3.05, 3.63) is 29.8 Å². The number of benzene rings is 1. The largest absolute Gasteiger partial charge is 0.492 e. The van der Waals surface area contributed by atoms with E-state index in [-0.39, 0.29) is 0 Å². The number of para-hydroxylation sites is 1. The van der Waals surface area contributed by atoms with Crippen LogP contribution in [0.15, 0.2) is 24.3 Å². The molecule has 0 atom stereocenters. The maximum absolute atomic E-state index is 5.95. The lowest BCUT2D eigenvalue weighted by Gasteiger charge is -2.29. The van der Waals surface area contributed by atoms with Crippen LogP contribution in [0, 0.1) is 12.8 Å². The maximum Gasteiger partial charge on any atom is 0.122 e. The molecule has 118 valence electrons. The van der Waals surface area contributed by atoms with Gasteiger partial charge in [0.05, 0.1) is 0 Å². The van der Waals surface area contributed by atoms with Crippen molar-refractivity contribution in [2.45, 2.75) is 33.1 Å². The molecule has 3 heteroatoms. The Morgan fingerprint density at radius 2 is 1.95 bits per heavy atom. The lowest BCUT2D eigenvalue weighted by molar-refractivity contribution is 0.171. The van der Waals surface area contributed by atoms with Crippen LogP contribution < -0.4 is 10.1 Å². The van der Waals surface area contributed by atoms with Crippen LogP contribution in [0.25, 0.3) is 0 Å². The summed E-state index contributed by atoms with van der Waals surface area (Å²) in [4.78, 5) is 2.58. The van der Waals surface area contributed by atoms with Crippen LogP contribution >= 0.6 is 0 Å². The fraction of sp³-hybridized carbons (Fsp3) is 0.667. The third kappa shape index (κ3) is 5.68. The zero-order valence-electron chi connectivity index (χ0n) is 13.6. The average Bonchev–Trinajstić information content (AvgIpc) is 2.50. The van der Waals surface area contributed by atoms with Gasteiger partial charge in [-0.25, -0.2) is 0 Å². The number of piperidine rings is 1. The third-order valence-corrected chi connectivity index (χ3v) is 4.27. The second-order valence-corrected chi connectivity index (χ2v) is 6.11. The third-order valence-electron chi connectivity index (χ3n) is 4.27. The molecule has 0 spiro atoms. The van der Waals surface area contributed by atoms with Crippen molar-refractivity contribution in [2.24, 2.45) is 5.92 Å². The Morgan fingerprint density at radius 1 is 1.19 bits per heavy atom. The Hall–Kier alpha value is -1.06. The van der Waals surface area contributed by atoms with Crippen LogP contribution in [0.1, 0.15) is 31.7 Å². The van der Waals surface area contributed by atoms with Gasteiger partial charge in [0.15, 0.2) is 0 Å². The molecule has 0 radical (unpaired) electrons. The maximum atomic E-state index is 5.95. The van der Waals surface area contributed by atoms with Crippen molar-refractivity contribution in [3.63, 3.8) is 0 Å². The second kappa shape index (κ2) is 9.06. The molecule has 0 aliphatic carbocycles.